The van der Waals surface area contributed by atoms with Gasteiger partial charge >= 0.3 is 0 Å². The number of nitrogens with one attached hydrogen (secondary N) is 2. The van der Waals surface area contributed by atoms with Crippen LogP contribution in [0.4, 0.5) is 11.4 Å². The van der Waals surface area contributed by atoms with Gasteiger partial charge in [0.1, 0.15) is 5.75 Å². The molecule has 0 spiro atoms. The highest BCUT2D eigenvalue weighted by atomic mass is 32.2. The first-order valence-electron chi connectivity index (χ1n) is 11.1. The molecule has 0 aliphatic heterocycles. The van der Waals surface area contributed by atoms with Gasteiger partial charge in [-0.05, 0) is 79.9 Å². The van der Waals surface area contributed by atoms with Crippen molar-refractivity contribution >= 4 is 38.2 Å². The third kappa shape index (κ3) is 5.27. The number of amides is 1. The molecule has 1 heterocycles. The van der Waals surface area contributed by atoms with Crippen LogP contribution in [0.5, 0.6) is 5.75 Å². The first-order chi connectivity index (χ1) is 16.7. The van der Waals surface area contributed by atoms with Crippen LogP contribution in [0.1, 0.15) is 22.4 Å². The van der Waals surface area contributed by atoms with Crippen LogP contribution in [0.25, 0.3) is 10.9 Å². The molecule has 4 aromatic rings. The Kier molecular flexibility index (Phi) is 6.75. The summed E-state index contributed by atoms with van der Waals surface area (Å²) in [5.74, 6) is 0.379. The van der Waals surface area contributed by atoms with E-state index >= 15 is 0 Å². The number of benzene rings is 3. The highest BCUT2D eigenvalue weighted by Gasteiger charge is 2.19. The van der Waals surface area contributed by atoms with E-state index in [0.717, 1.165) is 27.7 Å². The smallest absolute Gasteiger partial charge is 0.262 e. The van der Waals surface area contributed by atoms with Crippen molar-refractivity contribution < 1.29 is 17.9 Å². The van der Waals surface area contributed by atoms with Gasteiger partial charge in [0.05, 0.1) is 23.9 Å². The van der Waals surface area contributed by atoms with Gasteiger partial charge in [-0.15, -0.1) is 0 Å². The zero-order valence-electron chi connectivity index (χ0n) is 20.0. The van der Waals surface area contributed by atoms with E-state index in [0.29, 0.717) is 22.7 Å². The lowest BCUT2D eigenvalue weighted by Gasteiger charge is -2.14. The minimum Gasteiger partial charge on any atom is -0.497 e. The van der Waals surface area contributed by atoms with Crippen LogP contribution in [-0.4, -0.2) is 26.4 Å². The van der Waals surface area contributed by atoms with Gasteiger partial charge < -0.3 is 10.1 Å². The van der Waals surface area contributed by atoms with Crippen molar-refractivity contribution in [3.05, 3.63) is 89.1 Å². The highest BCUT2D eigenvalue weighted by Crippen LogP contribution is 2.26. The van der Waals surface area contributed by atoms with Gasteiger partial charge in [0, 0.05) is 22.5 Å². The Morgan fingerprint density at radius 2 is 1.63 bits per heavy atom. The van der Waals surface area contributed by atoms with Gasteiger partial charge in [-0.2, -0.15) is 0 Å². The van der Waals surface area contributed by atoms with Crippen molar-refractivity contribution in [3.63, 3.8) is 0 Å². The number of aromatic nitrogens is 1. The fraction of sp³-hybridized carbons (Fsp3) is 0.185. The lowest BCUT2D eigenvalue weighted by atomic mass is 9.99. The van der Waals surface area contributed by atoms with Crippen molar-refractivity contribution in [1.82, 2.24) is 4.98 Å². The Morgan fingerprint density at radius 3 is 2.34 bits per heavy atom. The van der Waals surface area contributed by atoms with Crippen molar-refractivity contribution in [2.45, 2.75) is 32.1 Å². The molecule has 1 aromatic heterocycles. The van der Waals surface area contributed by atoms with Gasteiger partial charge in [-0.3, -0.25) is 14.5 Å². The Morgan fingerprint density at radius 1 is 0.943 bits per heavy atom. The average Bonchev–Trinajstić information content (AvgIpc) is 2.83. The monoisotopic (exact) mass is 489 g/mol. The van der Waals surface area contributed by atoms with E-state index in [-0.39, 0.29) is 17.2 Å². The average molecular weight is 490 g/mol. The molecule has 1 amide bonds. The predicted molar refractivity (Wildman–Crippen MR) is 139 cm³/mol. The SMILES string of the molecule is COc1ccc(NS(=O)(=O)c2cc(NC(=O)Cc3c(C)nc4ccccc4c3C)ccc2C)cc1. The van der Waals surface area contributed by atoms with Crippen molar-refractivity contribution in [2.75, 3.05) is 17.1 Å². The number of sulfonamides is 1. The molecule has 0 aliphatic carbocycles. The predicted octanol–water partition coefficient (Wildman–Crippen LogP) is 5.15. The maximum absolute atomic E-state index is 13.1. The van der Waals surface area contributed by atoms with Crippen molar-refractivity contribution in [3.8, 4) is 5.75 Å². The number of carbonyl (C=O) groups excluding carboxylic acids is 1. The first-order valence-corrected chi connectivity index (χ1v) is 12.6. The van der Waals surface area contributed by atoms with Crippen LogP contribution >= 0.6 is 0 Å². The molecule has 0 bridgehead atoms. The number of hydrogen-bond acceptors (Lipinski definition) is 5. The molecule has 180 valence electrons. The summed E-state index contributed by atoms with van der Waals surface area (Å²) in [5, 5.41) is 3.84. The van der Waals surface area contributed by atoms with E-state index in [1.54, 1.807) is 50.4 Å². The Balaban J connectivity index is 1.55. The zero-order valence-corrected chi connectivity index (χ0v) is 20.9. The van der Waals surface area contributed by atoms with Crippen molar-refractivity contribution in [1.29, 1.82) is 0 Å². The Bertz CT molecular complexity index is 1510. The molecule has 7 nitrogen and oxygen atoms in total. The summed E-state index contributed by atoms with van der Waals surface area (Å²) in [6.07, 6.45) is 0.134. The molecule has 0 aliphatic rings. The standard InChI is InChI=1S/C27H27N3O4S/c1-17-9-10-21(15-26(17)35(32,33)30-20-11-13-22(34-4)14-12-20)29-27(31)16-24-18(2)23-7-5-6-8-25(23)28-19(24)3/h5-15,30H,16H2,1-4H3,(H,29,31). The van der Waals surface area contributed by atoms with E-state index in [4.69, 9.17) is 4.74 Å². The third-order valence-corrected chi connectivity index (χ3v) is 7.45. The van der Waals surface area contributed by atoms with Gasteiger partial charge in [-0.25, -0.2) is 8.42 Å². The molecule has 3 aromatic carbocycles. The first kappa shape index (κ1) is 24.2. The largest absolute Gasteiger partial charge is 0.497 e. The van der Waals surface area contributed by atoms with E-state index in [9.17, 15) is 13.2 Å². The molecule has 0 fully saturated rings. The number of methoxy groups -OCH3 is 1. The number of nitrogens with zero attached hydrogens (tertiary/aromatic N) is 1. The number of pyridine rings is 1. The number of hydrogen-bond donors (Lipinski definition) is 2. The van der Waals surface area contributed by atoms with Gasteiger partial charge in [0.25, 0.3) is 10.0 Å². The van der Waals surface area contributed by atoms with Crippen molar-refractivity contribution in [2.24, 2.45) is 0 Å². The van der Waals surface area contributed by atoms with Crippen LogP contribution < -0.4 is 14.8 Å². The molecule has 0 unspecified atom stereocenters. The minimum atomic E-state index is -3.87. The maximum atomic E-state index is 13.1. The van der Waals surface area contributed by atoms with E-state index in [1.807, 2.05) is 38.1 Å². The molecular weight excluding hydrogens is 462 g/mol. The molecule has 8 heteroatoms. The van der Waals surface area contributed by atoms with Gasteiger partial charge in [0.2, 0.25) is 5.91 Å². The Labute approximate surface area is 205 Å². The highest BCUT2D eigenvalue weighted by molar-refractivity contribution is 7.92. The maximum Gasteiger partial charge on any atom is 0.262 e. The number of fused-ring (bicyclic) bond motifs is 1. The summed E-state index contributed by atoms with van der Waals surface area (Å²) >= 11 is 0. The topological polar surface area (TPSA) is 97.4 Å². The lowest BCUT2D eigenvalue weighted by Crippen LogP contribution is -2.18. The summed E-state index contributed by atoms with van der Waals surface area (Å²) in [5.41, 5.74) is 4.95. The van der Waals surface area contributed by atoms with Crippen LogP contribution in [-0.2, 0) is 21.2 Å². The zero-order chi connectivity index (χ0) is 25.2. The summed E-state index contributed by atoms with van der Waals surface area (Å²) in [4.78, 5) is 17.6. The normalized spacial score (nSPS) is 11.3. The second-order valence-electron chi connectivity index (χ2n) is 8.36. The minimum absolute atomic E-state index is 0.0888. The third-order valence-electron chi connectivity index (χ3n) is 5.93. The molecule has 0 saturated heterocycles. The van der Waals surface area contributed by atoms with E-state index in [2.05, 4.69) is 15.0 Å². The molecule has 35 heavy (non-hydrogen) atoms. The Hall–Kier alpha value is -3.91. The van der Waals surface area contributed by atoms with Gasteiger partial charge in [-0.1, -0.05) is 24.3 Å². The number of para-hydroxylation sites is 1. The van der Waals surface area contributed by atoms with Crippen LogP contribution in [0.15, 0.2) is 71.6 Å². The quantitative estimate of drug-likeness (QED) is 0.374. The van der Waals surface area contributed by atoms with Gasteiger partial charge in [0.15, 0.2) is 0 Å². The lowest BCUT2D eigenvalue weighted by molar-refractivity contribution is -0.115. The summed E-state index contributed by atoms with van der Waals surface area (Å²) < 4.78 is 33.8. The summed E-state index contributed by atoms with van der Waals surface area (Å²) in [6, 6.07) is 19.3. The molecule has 0 radical (unpaired) electrons. The number of aryl methyl sites for hydroxylation is 3. The molecule has 2 N–H and O–H groups in total. The number of rotatable bonds is 7. The van der Waals surface area contributed by atoms with E-state index in [1.165, 1.54) is 6.07 Å². The number of carbonyl (C=O) groups is 1. The molecule has 0 atom stereocenters. The fourth-order valence-corrected chi connectivity index (χ4v) is 5.36. The second kappa shape index (κ2) is 9.76. The summed E-state index contributed by atoms with van der Waals surface area (Å²) in [6.45, 7) is 5.59. The number of ether oxygens (including phenoxy) is 1. The molecule has 4 rings (SSSR count). The van der Waals surface area contributed by atoms with Crippen LogP contribution in [0, 0.1) is 20.8 Å². The van der Waals surface area contributed by atoms with Crippen LogP contribution in [0.2, 0.25) is 0 Å². The van der Waals surface area contributed by atoms with Crippen LogP contribution in [0.3, 0.4) is 0 Å². The second-order valence-corrected chi connectivity index (χ2v) is 10.0. The number of anilines is 2. The molecule has 0 saturated carbocycles. The fourth-order valence-electron chi connectivity index (χ4n) is 4.03. The molecular formula is C27H27N3O4S. The van der Waals surface area contributed by atoms with E-state index < -0.39 is 10.0 Å². The summed E-state index contributed by atoms with van der Waals surface area (Å²) in [7, 11) is -2.33.